The zero-order valence-electron chi connectivity index (χ0n) is 24.1. The Morgan fingerprint density at radius 1 is 1.10 bits per heavy atom. The molecule has 0 saturated heterocycles. The molecule has 12 nitrogen and oxygen atoms in total. The number of nitrogens with one attached hydrogen (secondary N) is 2. The van der Waals surface area contributed by atoms with Gasteiger partial charge in [0.05, 0.1) is 18.1 Å². The van der Waals surface area contributed by atoms with Crippen LogP contribution in [0.15, 0.2) is 35.2 Å². The number of carbonyl (C=O) groups excluding carboxylic acids is 1. The SMILES string of the molecule is CCCNC(=O)OCc1ccc(OCCCNCCOC)c(N(CC(C)C)S(=O)(=O)c2ccc3c(c2)OCO3)c1O. The van der Waals surface area contributed by atoms with Crippen molar-refractivity contribution >= 4 is 21.8 Å². The first-order chi connectivity index (χ1) is 19.7. The zero-order valence-corrected chi connectivity index (χ0v) is 24.9. The lowest BCUT2D eigenvalue weighted by Crippen LogP contribution is -2.35. The van der Waals surface area contributed by atoms with E-state index in [0.717, 1.165) is 10.7 Å². The van der Waals surface area contributed by atoms with E-state index in [2.05, 4.69) is 10.6 Å². The van der Waals surface area contributed by atoms with Gasteiger partial charge in [-0.25, -0.2) is 13.2 Å². The van der Waals surface area contributed by atoms with E-state index in [9.17, 15) is 18.3 Å². The Kier molecular flexibility index (Phi) is 12.2. The molecule has 1 heterocycles. The quantitative estimate of drug-likeness (QED) is 0.232. The molecule has 3 N–H and O–H groups in total. The Hall–Kier alpha value is -3.42. The van der Waals surface area contributed by atoms with E-state index >= 15 is 0 Å². The topological polar surface area (TPSA) is 145 Å². The van der Waals surface area contributed by atoms with Gasteiger partial charge in [-0.15, -0.1) is 0 Å². The van der Waals surface area contributed by atoms with E-state index in [1.807, 2.05) is 20.8 Å². The molecule has 0 aliphatic carbocycles. The van der Waals surface area contributed by atoms with Crippen LogP contribution in [0.1, 0.15) is 39.2 Å². The van der Waals surface area contributed by atoms with Crippen LogP contribution >= 0.6 is 0 Å². The number of phenols is 1. The number of phenolic OH excluding ortho intramolecular Hbond substituents is 1. The molecule has 1 aliphatic rings. The van der Waals surface area contributed by atoms with Crippen LogP contribution in [0, 0.1) is 5.92 Å². The molecule has 0 fully saturated rings. The maximum atomic E-state index is 14.1. The Labute approximate surface area is 241 Å². The smallest absolute Gasteiger partial charge is 0.407 e. The lowest BCUT2D eigenvalue weighted by molar-refractivity contribution is 0.138. The summed E-state index contributed by atoms with van der Waals surface area (Å²) < 4.78 is 56.4. The van der Waals surface area contributed by atoms with Crippen molar-refractivity contribution in [3.05, 3.63) is 35.9 Å². The number of anilines is 1. The number of benzene rings is 2. The van der Waals surface area contributed by atoms with Crippen LogP contribution < -0.4 is 29.1 Å². The van der Waals surface area contributed by atoms with Gasteiger partial charge in [0.1, 0.15) is 23.8 Å². The number of amides is 1. The van der Waals surface area contributed by atoms with Gasteiger partial charge in [-0.05, 0) is 49.6 Å². The van der Waals surface area contributed by atoms with Crippen molar-refractivity contribution in [2.75, 3.05) is 57.6 Å². The van der Waals surface area contributed by atoms with Gasteiger partial charge < -0.3 is 39.4 Å². The van der Waals surface area contributed by atoms with Crippen LogP contribution in [0.25, 0.3) is 0 Å². The Morgan fingerprint density at radius 2 is 1.88 bits per heavy atom. The molecule has 0 aromatic heterocycles. The van der Waals surface area contributed by atoms with Gasteiger partial charge in [0.15, 0.2) is 11.5 Å². The van der Waals surface area contributed by atoms with Crippen molar-refractivity contribution in [3.8, 4) is 23.0 Å². The number of aromatic hydroxyl groups is 1. The van der Waals surface area contributed by atoms with Crippen LogP contribution in [-0.4, -0.2) is 72.9 Å². The van der Waals surface area contributed by atoms with Crippen LogP contribution in [0.4, 0.5) is 10.5 Å². The van der Waals surface area contributed by atoms with E-state index in [1.165, 1.54) is 18.2 Å². The number of alkyl carbamates (subject to hydrolysis) is 1. The molecule has 1 aliphatic heterocycles. The maximum Gasteiger partial charge on any atom is 0.407 e. The summed E-state index contributed by atoms with van der Waals surface area (Å²) in [6.07, 6.45) is 0.729. The molecule has 0 radical (unpaired) electrons. The fourth-order valence-electron chi connectivity index (χ4n) is 3.98. The lowest BCUT2D eigenvalue weighted by atomic mass is 10.1. The lowest BCUT2D eigenvalue weighted by Gasteiger charge is -2.29. The van der Waals surface area contributed by atoms with E-state index in [4.69, 9.17) is 23.7 Å². The molecule has 0 saturated carbocycles. The van der Waals surface area contributed by atoms with Gasteiger partial charge in [-0.1, -0.05) is 20.8 Å². The van der Waals surface area contributed by atoms with Gasteiger partial charge in [0, 0.05) is 38.4 Å². The fraction of sp³-hybridized carbons (Fsp3) is 0.536. The molecule has 2 aromatic carbocycles. The number of methoxy groups -OCH3 is 1. The predicted octanol–water partition coefficient (Wildman–Crippen LogP) is 3.61. The summed E-state index contributed by atoms with van der Waals surface area (Å²) in [5, 5.41) is 17.3. The fourth-order valence-corrected chi connectivity index (χ4v) is 5.64. The first kappa shape index (κ1) is 32.1. The summed E-state index contributed by atoms with van der Waals surface area (Å²) in [5.74, 6) is 0.483. The molecule has 228 valence electrons. The highest BCUT2D eigenvalue weighted by Crippen LogP contribution is 2.44. The van der Waals surface area contributed by atoms with Gasteiger partial charge in [-0.2, -0.15) is 0 Å². The standard InChI is InChI=1S/C28H41N3O9S/c1-5-11-30-28(33)38-18-21-7-9-24(37-14-6-12-29-13-15-36-4)26(27(21)32)31(17-20(2)3)41(34,35)22-8-10-23-25(16-22)40-19-39-23/h7-10,16,20,29,32H,5-6,11-15,17-19H2,1-4H3,(H,30,33). The van der Waals surface area contributed by atoms with Gasteiger partial charge in [-0.3, -0.25) is 4.31 Å². The van der Waals surface area contributed by atoms with Gasteiger partial charge in [0.2, 0.25) is 6.79 Å². The predicted molar refractivity (Wildman–Crippen MR) is 153 cm³/mol. The summed E-state index contributed by atoms with van der Waals surface area (Å²) >= 11 is 0. The normalized spacial score (nSPS) is 12.4. The Bertz CT molecular complexity index is 1250. The van der Waals surface area contributed by atoms with Crippen molar-refractivity contribution < 1.29 is 42.0 Å². The molecule has 13 heteroatoms. The molecule has 0 spiro atoms. The Balaban J connectivity index is 1.97. The monoisotopic (exact) mass is 595 g/mol. The number of ether oxygens (including phenoxy) is 5. The highest BCUT2D eigenvalue weighted by molar-refractivity contribution is 7.92. The zero-order chi connectivity index (χ0) is 29.8. The summed E-state index contributed by atoms with van der Waals surface area (Å²) in [6.45, 7) is 8.08. The van der Waals surface area contributed by atoms with Crippen molar-refractivity contribution in [3.63, 3.8) is 0 Å². The number of hydrogen-bond donors (Lipinski definition) is 3. The second kappa shape index (κ2) is 15.5. The van der Waals surface area contributed by atoms with Crippen LogP contribution in [-0.2, 0) is 26.1 Å². The number of rotatable bonds is 17. The second-order valence-corrected chi connectivity index (χ2v) is 11.7. The molecule has 0 bridgehead atoms. The summed E-state index contributed by atoms with van der Waals surface area (Å²) in [4.78, 5) is 12.0. The van der Waals surface area contributed by atoms with E-state index in [0.29, 0.717) is 44.2 Å². The van der Waals surface area contributed by atoms with Crippen molar-refractivity contribution in [1.29, 1.82) is 0 Å². The van der Waals surface area contributed by atoms with Crippen molar-refractivity contribution in [1.82, 2.24) is 10.6 Å². The summed E-state index contributed by atoms with van der Waals surface area (Å²) in [5.41, 5.74) is 0.202. The third kappa shape index (κ3) is 8.78. The minimum Gasteiger partial charge on any atom is -0.505 e. The van der Waals surface area contributed by atoms with E-state index < -0.39 is 16.1 Å². The molecular weight excluding hydrogens is 554 g/mol. The highest BCUT2D eigenvalue weighted by atomic mass is 32.2. The number of sulfonamides is 1. The van der Waals surface area contributed by atoms with Crippen molar-refractivity contribution in [2.24, 2.45) is 5.92 Å². The summed E-state index contributed by atoms with van der Waals surface area (Å²) in [7, 11) is -2.58. The number of fused-ring (bicyclic) bond motifs is 1. The second-order valence-electron chi connectivity index (χ2n) is 9.81. The molecule has 0 atom stereocenters. The minimum absolute atomic E-state index is 0.00151. The third-order valence-electron chi connectivity index (χ3n) is 6.03. The third-order valence-corrected chi connectivity index (χ3v) is 7.79. The summed E-state index contributed by atoms with van der Waals surface area (Å²) in [6, 6.07) is 7.51. The Morgan fingerprint density at radius 3 is 2.61 bits per heavy atom. The molecule has 41 heavy (non-hydrogen) atoms. The minimum atomic E-state index is -4.21. The number of hydrogen-bond acceptors (Lipinski definition) is 10. The molecule has 0 unspecified atom stereocenters. The molecule has 2 aromatic rings. The average Bonchev–Trinajstić information content (AvgIpc) is 3.42. The molecule has 3 rings (SSSR count). The molecule has 1 amide bonds. The largest absolute Gasteiger partial charge is 0.505 e. The van der Waals surface area contributed by atoms with E-state index in [-0.39, 0.29) is 60.1 Å². The van der Waals surface area contributed by atoms with Crippen LogP contribution in [0.3, 0.4) is 0 Å². The number of carbonyl (C=O) groups is 1. The molecular formula is C28H41N3O9S. The van der Waals surface area contributed by atoms with Gasteiger partial charge >= 0.3 is 6.09 Å². The van der Waals surface area contributed by atoms with Crippen LogP contribution in [0.5, 0.6) is 23.0 Å². The van der Waals surface area contributed by atoms with Crippen molar-refractivity contribution in [2.45, 2.75) is 45.1 Å². The van der Waals surface area contributed by atoms with E-state index in [1.54, 1.807) is 19.2 Å². The average molecular weight is 596 g/mol. The number of nitrogens with zero attached hydrogens (tertiary/aromatic N) is 1. The first-order valence-electron chi connectivity index (χ1n) is 13.7. The maximum absolute atomic E-state index is 14.1. The first-order valence-corrected chi connectivity index (χ1v) is 15.1. The highest BCUT2D eigenvalue weighted by Gasteiger charge is 2.33. The van der Waals surface area contributed by atoms with Gasteiger partial charge in [0.25, 0.3) is 10.0 Å². The van der Waals surface area contributed by atoms with Crippen LogP contribution in [0.2, 0.25) is 0 Å².